The topological polar surface area (TPSA) is 91.3 Å². The Balaban J connectivity index is 2.06. The summed E-state index contributed by atoms with van der Waals surface area (Å²) in [6.07, 6.45) is 0. The van der Waals surface area contributed by atoms with Gasteiger partial charge >= 0.3 is 0 Å². The summed E-state index contributed by atoms with van der Waals surface area (Å²) < 4.78 is 10.5. The van der Waals surface area contributed by atoms with Crippen LogP contribution in [0.25, 0.3) is 0 Å². The second-order valence-corrected chi connectivity index (χ2v) is 5.83. The Morgan fingerprint density at radius 2 is 2.14 bits per heavy atom. The molecule has 0 unspecified atom stereocenters. The van der Waals surface area contributed by atoms with Gasteiger partial charge in [0, 0.05) is 17.5 Å². The normalized spacial score (nSPS) is 11.4. The molecule has 0 aliphatic heterocycles. The minimum Gasteiger partial charge on any atom is -0.482 e. The molecule has 0 spiro atoms. The lowest BCUT2D eigenvalue weighted by Gasteiger charge is -2.10. The van der Waals surface area contributed by atoms with Crippen LogP contribution in [-0.2, 0) is 12.0 Å². The van der Waals surface area contributed by atoms with E-state index in [0.717, 1.165) is 0 Å². The van der Waals surface area contributed by atoms with Crippen molar-refractivity contribution in [2.24, 2.45) is 0 Å². The zero-order valence-corrected chi connectivity index (χ0v) is 12.5. The number of nitrogens with zero attached hydrogens (tertiary/aromatic N) is 3. The molecule has 0 amide bonds. The largest absolute Gasteiger partial charge is 0.482 e. The van der Waals surface area contributed by atoms with Gasteiger partial charge in [-0.05, 0) is 6.07 Å². The SMILES string of the molecule is CC(C)(C)c1noc(COc2ccc([N+](=O)[O-])cc2Cl)n1. The zero-order valence-electron chi connectivity index (χ0n) is 11.8. The van der Waals surface area contributed by atoms with Crippen LogP contribution in [-0.4, -0.2) is 15.1 Å². The minimum atomic E-state index is -0.525. The van der Waals surface area contributed by atoms with Crippen LogP contribution in [0.3, 0.4) is 0 Å². The first-order valence-corrected chi connectivity index (χ1v) is 6.55. The Morgan fingerprint density at radius 1 is 1.43 bits per heavy atom. The maximum Gasteiger partial charge on any atom is 0.271 e. The highest BCUT2D eigenvalue weighted by molar-refractivity contribution is 6.32. The van der Waals surface area contributed by atoms with Crippen molar-refractivity contribution >= 4 is 17.3 Å². The molecule has 1 aromatic heterocycles. The summed E-state index contributed by atoms with van der Waals surface area (Å²) in [4.78, 5) is 14.3. The lowest BCUT2D eigenvalue weighted by molar-refractivity contribution is -0.384. The van der Waals surface area contributed by atoms with Crippen molar-refractivity contribution in [1.29, 1.82) is 0 Å². The third-order valence-electron chi connectivity index (χ3n) is 2.62. The van der Waals surface area contributed by atoms with Gasteiger partial charge in [-0.2, -0.15) is 4.98 Å². The number of benzene rings is 1. The number of non-ortho nitro benzene ring substituents is 1. The van der Waals surface area contributed by atoms with E-state index in [2.05, 4.69) is 10.1 Å². The summed E-state index contributed by atoms with van der Waals surface area (Å²) in [7, 11) is 0. The first-order valence-electron chi connectivity index (χ1n) is 6.17. The molecule has 0 aliphatic carbocycles. The van der Waals surface area contributed by atoms with E-state index in [9.17, 15) is 10.1 Å². The summed E-state index contributed by atoms with van der Waals surface area (Å²) in [5.74, 6) is 1.21. The Bertz CT molecular complexity index is 664. The standard InChI is InChI=1S/C13H14ClN3O4/c1-13(2,3)12-15-11(21-16-12)7-20-10-5-4-8(17(18)19)6-9(10)14/h4-6H,7H2,1-3H3. The Labute approximate surface area is 126 Å². The van der Waals surface area contributed by atoms with E-state index in [1.165, 1.54) is 18.2 Å². The molecule has 0 N–H and O–H groups in total. The molecule has 0 fully saturated rings. The van der Waals surface area contributed by atoms with E-state index in [1.807, 2.05) is 20.8 Å². The van der Waals surface area contributed by atoms with Gasteiger partial charge in [-0.1, -0.05) is 37.5 Å². The van der Waals surface area contributed by atoms with Crippen LogP contribution in [0.4, 0.5) is 5.69 Å². The van der Waals surface area contributed by atoms with Crippen LogP contribution < -0.4 is 4.74 Å². The van der Waals surface area contributed by atoms with Gasteiger partial charge in [-0.3, -0.25) is 10.1 Å². The summed E-state index contributed by atoms with van der Waals surface area (Å²) >= 11 is 5.92. The number of hydrogen-bond acceptors (Lipinski definition) is 6. The van der Waals surface area contributed by atoms with E-state index in [0.29, 0.717) is 17.5 Å². The molecule has 0 aliphatic rings. The van der Waals surface area contributed by atoms with Crippen molar-refractivity contribution in [3.05, 3.63) is 45.1 Å². The average molecular weight is 312 g/mol. The number of halogens is 1. The highest BCUT2D eigenvalue weighted by Gasteiger charge is 2.21. The minimum absolute atomic E-state index is 0.0423. The van der Waals surface area contributed by atoms with Gasteiger partial charge in [-0.15, -0.1) is 0 Å². The van der Waals surface area contributed by atoms with Gasteiger partial charge in [0.05, 0.1) is 9.95 Å². The summed E-state index contributed by atoms with van der Waals surface area (Å²) in [5.41, 5.74) is -0.313. The number of nitro groups is 1. The molecule has 1 heterocycles. The fourth-order valence-corrected chi connectivity index (χ4v) is 1.71. The average Bonchev–Trinajstić information content (AvgIpc) is 2.85. The van der Waals surface area contributed by atoms with Crippen LogP contribution >= 0.6 is 11.6 Å². The molecule has 0 bridgehead atoms. The van der Waals surface area contributed by atoms with E-state index >= 15 is 0 Å². The molecule has 21 heavy (non-hydrogen) atoms. The fraction of sp³-hybridized carbons (Fsp3) is 0.385. The summed E-state index contributed by atoms with van der Waals surface area (Å²) in [5, 5.41) is 14.6. The first kappa shape index (κ1) is 15.2. The smallest absolute Gasteiger partial charge is 0.271 e. The maximum absolute atomic E-state index is 10.6. The van der Waals surface area contributed by atoms with Crippen LogP contribution in [0, 0.1) is 10.1 Å². The second-order valence-electron chi connectivity index (χ2n) is 5.42. The molecule has 0 saturated carbocycles. The molecular weight excluding hydrogens is 298 g/mol. The highest BCUT2D eigenvalue weighted by Crippen LogP contribution is 2.29. The van der Waals surface area contributed by atoms with Gasteiger partial charge in [0.1, 0.15) is 5.75 Å². The van der Waals surface area contributed by atoms with Crippen LogP contribution in [0.5, 0.6) is 5.75 Å². The van der Waals surface area contributed by atoms with Crippen molar-refractivity contribution in [2.75, 3.05) is 0 Å². The summed E-state index contributed by atoms with van der Waals surface area (Å²) in [6.45, 7) is 5.95. The molecule has 1 aromatic carbocycles. The van der Waals surface area contributed by atoms with E-state index in [4.69, 9.17) is 20.9 Å². The molecular formula is C13H14ClN3O4. The number of ether oxygens (including phenoxy) is 1. The summed E-state index contributed by atoms with van der Waals surface area (Å²) in [6, 6.07) is 3.97. The van der Waals surface area contributed by atoms with Crippen molar-refractivity contribution in [3.8, 4) is 5.75 Å². The second kappa shape index (κ2) is 5.69. The van der Waals surface area contributed by atoms with Crippen LogP contribution in [0.1, 0.15) is 32.5 Å². The van der Waals surface area contributed by atoms with Crippen LogP contribution in [0.15, 0.2) is 22.7 Å². The molecule has 0 radical (unpaired) electrons. The number of hydrogen-bond donors (Lipinski definition) is 0. The third-order valence-corrected chi connectivity index (χ3v) is 2.91. The molecule has 2 aromatic rings. The van der Waals surface area contributed by atoms with Crippen LogP contribution in [0.2, 0.25) is 5.02 Å². The monoisotopic (exact) mass is 311 g/mol. The predicted molar refractivity (Wildman–Crippen MR) is 75.4 cm³/mol. The van der Waals surface area contributed by atoms with Gasteiger partial charge in [0.25, 0.3) is 11.6 Å². The number of aromatic nitrogens is 2. The zero-order chi connectivity index (χ0) is 15.6. The van der Waals surface area contributed by atoms with E-state index < -0.39 is 4.92 Å². The number of nitro benzene ring substituents is 1. The molecule has 0 atom stereocenters. The van der Waals surface area contributed by atoms with Gasteiger partial charge in [-0.25, -0.2) is 0 Å². The maximum atomic E-state index is 10.6. The predicted octanol–water partition coefficient (Wildman–Crippen LogP) is 3.51. The molecule has 0 saturated heterocycles. The van der Waals surface area contributed by atoms with E-state index in [-0.39, 0.29) is 22.7 Å². The Kier molecular flexibility index (Phi) is 4.13. The number of rotatable bonds is 4. The Hall–Kier alpha value is -2.15. The van der Waals surface area contributed by atoms with E-state index in [1.54, 1.807) is 0 Å². The lowest BCUT2D eigenvalue weighted by atomic mass is 9.96. The molecule has 112 valence electrons. The molecule has 8 heteroatoms. The van der Waals surface area contributed by atoms with Gasteiger partial charge in [0.2, 0.25) is 0 Å². The van der Waals surface area contributed by atoms with Gasteiger partial charge in [0.15, 0.2) is 12.4 Å². The fourth-order valence-electron chi connectivity index (χ4n) is 1.48. The van der Waals surface area contributed by atoms with Crippen molar-refractivity contribution in [1.82, 2.24) is 10.1 Å². The molecule has 7 nitrogen and oxygen atoms in total. The Morgan fingerprint density at radius 3 is 2.67 bits per heavy atom. The van der Waals surface area contributed by atoms with Crippen molar-refractivity contribution in [2.45, 2.75) is 32.8 Å². The van der Waals surface area contributed by atoms with Crippen molar-refractivity contribution < 1.29 is 14.2 Å². The highest BCUT2D eigenvalue weighted by atomic mass is 35.5. The van der Waals surface area contributed by atoms with Crippen molar-refractivity contribution in [3.63, 3.8) is 0 Å². The molecule has 2 rings (SSSR count). The third kappa shape index (κ3) is 3.69. The quantitative estimate of drug-likeness (QED) is 0.634. The van der Waals surface area contributed by atoms with Gasteiger partial charge < -0.3 is 9.26 Å². The first-order chi connectivity index (χ1) is 9.77. The lowest BCUT2D eigenvalue weighted by Crippen LogP contribution is -2.13.